The van der Waals surface area contributed by atoms with Crippen molar-refractivity contribution in [3.63, 3.8) is 0 Å². The SMILES string of the molecule is O=C(Nc1cccc(Oc2ccccc2)c1)N1CCc2sccc2C1c1ccc(Cl)cc1. The minimum Gasteiger partial charge on any atom is -0.457 e. The van der Waals surface area contributed by atoms with Crippen molar-refractivity contribution in [3.05, 3.63) is 111 Å². The average molecular weight is 461 g/mol. The third-order valence-electron chi connectivity index (χ3n) is 5.48. The number of rotatable bonds is 4. The van der Waals surface area contributed by atoms with E-state index in [4.69, 9.17) is 16.3 Å². The molecule has 5 rings (SSSR count). The van der Waals surface area contributed by atoms with Crippen molar-refractivity contribution in [2.24, 2.45) is 0 Å². The smallest absolute Gasteiger partial charge is 0.322 e. The first-order valence-corrected chi connectivity index (χ1v) is 11.7. The van der Waals surface area contributed by atoms with Gasteiger partial charge in [-0.1, -0.05) is 48.0 Å². The average Bonchev–Trinajstić information content (AvgIpc) is 3.29. The van der Waals surface area contributed by atoms with E-state index in [9.17, 15) is 4.79 Å². The zero-order valence-electron chi connectivity index (χ0n) is 17.2. The Morgan fingerprint density at radius 1 is 0.969 bits per heavy atom. The lowest BCUT2D eigenvalue weighted by molar-refractivity contribution is 0.194. The van der Waals surface area contributed by atoms with E-state index >= 15 is 0 Å². The zero-order valence-corrected chi connectivity index (χ0v) is 18.8. The van der Waals surface area contributed by atoms with Crippen LogP contribution in [0.2, 0.25) is 5.02 Å². The largest absolute Gasteiger partial charge is 0.457 e. The summed E-state index contributed by atoms with van der Waals surface area (Å²) in [5, 5.41) is 5.83. The van der Waals surface area contributed by atoms with Gasteiger partial charge >= 0.3 is 6.03 Å². The number of carbonyl (C=O) groups is 1. The number of nitrogens with zero attached hydrogens (tertiary/aromatic N) is 1. The molecule has 0 bridgehead atoms. The monoisotopic (exact) mass is 460 g/mol. The van der Waals surface area contributed by atoms with Crippen LogP contribution in [-0.2, 0) is 6.42 Å². The molecule has 2 amide bonds. The normalized spacial score (nSPS) is 15.2. The summed E-state index contributed by atoms with van der Waals surface area (Å²) in [4.78, 5) is 16.6. The lowest BCUT2D eigenvalue weighted by atomic mass is 9.93. The fraction of sp³-hybridized carbons (Fsp3) is 0.115. The summed E-state index contributed by atoms with van der Waals surface area (Å²) in [6, 6.07) is 26.6. The standard InChI is InChI=1S/C26H21ClN2O2S/c27-19-11-9-18(10-12-19)25-23-14-16-32-24(23)13-15-29(25)26(30)28-20-5-4-8-22(17-20)31-21-6-2-1-3-7-21/h1-12,14,16-17,25H,13,15H2,(H,28,30). The van der Waals surface area contributed by atoms with Crippen molar-refractivity contribution in [2.75, 3.05) is 11.9 Å². The van der Waals surface area contributed by atoms with Crippen LogP contribution in [0.15, 0.2) is 90.3 Å². The number of amides is 2. The van der Waals surface area contributed by atoms with Crippen LogP contribution in [-0.4, -0.2) is 17.5 Å². The molecule has 6 heteroatoms. The van der Waals surface area contributed by atoms with Crippen LogP contribution < -0.4 is 10.1 Å². The zero-order chi connectivity index (χ0) is 21.9. The first-order valence-electron chi connectivity index (χ1n) is 10.4. The first-order chi connectivity index (χ1) is 15.7. The summed E-state index contributed by atoms with van der Waals surface area (Å²) in [6.45, 7) is 0.646. The van der Waals surface area contributed by atoms with Gasteiger partial charge < -0.3 is 15.0 Å². The molecule has 32 heavy (non-hydrogen) atoms. The Labute approximate surface area is 196 Å². The Hall–Kier alpha value is -3.28. The molecule has 1 aromatic heterocycles. The molecule has 1 atom stereocenters. The van der Waals surface area contributed by atoms with Crippen molar-refractivity contribution < 1.29 is 9.53 Å². The van der Waals surface area contributed by atoms with Gasteiger partial charge in [0.15, 0.2) is 0 Å². The number of ether oxygens (including phenoxy) is 1. The van der Waals surface area contributed by atoms with Gasteiger partial charge in [0.1, 0.15) is 11.5 Å². The van der Waals surface area contributed by atoms with Crippen LogP contribution in [0.25, 0.3) is 0 Å². The van der Waals surface area contributed by atoms with Crippen molar-refractivity contribution in [2.45, 2.75) is 12.5 Å². The van der Waals surface area contributed by atoms with Crippen molar-refractivity contribution in [1.82, 2.24) is 4.90 Å². The fourth-order valence-electron chi connectivity index (χ4n) is 4.00. The van der Waals surface area contributed by atoms with Gasteiger partial charge in [0.25, 0.3) is 0 Å². The Balaban J connectivity index is 1.38. The summed E-state index contributed by atoms with van der Waals surface area (Å²) in [5.41, 5.74) is 2.92. The summed E-state index contributed by atoms with van der Waals surface area (Å²) in [7, 11) is 0. The molecule has 3 aromatic carbocycles. The summed E-state index contributed by atoms with van der Waals surface area (Å²) < 4.78 is 5.91. The fourth-order valence-corrected chi connectivity index (χ4v) is 5.03. The summed E-state index contributed by atoms with van der Waals surface area (Å²) in [5.74, 6) is 1.42. The van der Waals surface area contributed by atoms with Gasteiger partial charge in [0.2, 0.25) is 0 Å². The highest BCUT2D eigenvalue weighted by atomic mass is 35.5. The number of hydrogen-bond donors (Lipinski definition) is 1. The third kappa shape index (κ3) is 4.35. The molecule has 1 unspecified atom stereocenters. The summed E-state index contributed by atoms with van der Waals surface area (Å²) in [6.07, 6.45) is 0.849. The minimum atomic E-state index is -0.147. The van der Waals surface area contributed by atoms with Gasteiger partial charge in [-0.2, -0.15) is 0 Å². The van der Waals surface area contributed by atoms with Gasteiger partial charge in [0, 0.05) is 28.2 Å². The first kappa shape index (κ1) is 20.6. The maximum absolute atomic E-state index is 13.4. The topological polar surface area (TPSA) is 41.6 Å². The Bertz CT molecular complexity index is 1220. The molecule has 0 saturated carbocycles. The summed E-state index contributed by atoms with van der Waals surface area (Å²) >= 11 is 7.85. The van der Waals surface area contributed by atoms with Crippen LogP contribution in [0, 0.1) is 0 Å². The highest BCUT2D eigenvalue weighted by Gasteiger charge is 2.32. The van der Waals surface area contributed by atoms with Crippen LogP contribution in [0.1, 0.15) is 22.0 Å². The lowest BCUT2D eigenvalue weighted by Gasteiger charge is -2.36. The number of para-hydroxylation sites is 1. The predicted octanol–water partition coefficient (Wildman–Crippen LogP) is 7.37. The lowest BCUT2D eigenvalue weighted by Crippen LogP contribution is -2.42. The maximum atomic E-state index is 13.4. The second kappa shape index (κ2) is 9.07. The van der Waals surface area contributed by atoms with Crippen LogP contribution in [0.5, 0.6) is 11.5 Å². The van der Waals surface area contributed by atoms with E-state index in [0.29, 0.717) is 23.0 Å². The van der Waals surface area contributed by atoms with E-state index in [1.165, 1.54) is 10.4 Å². The number of hydrogen-bond acceptors (Lipinski definition) is 3. The van der Waals surface area contributed by atoms with E-state index in [0.717, 1.165) is 17.7 Å². The quantitative estimate of drug-likeness (QED) is 0.345. The molecule has 4 nitrogen and oxygen atoms in total. The molecule has 0 radical (unpaired) electrons. The third-order valence-corrected chi connectivity index (χ3v) is 6.73. The van der Waals surface area contributed by atoms with E-state index < -0.39 is 0 Å². The highest BCUT2D eigenvalue weighted by Crippen LogP contribution is 2.38. The Morgan fingerprint density at radius 2 is 1.75 bits per heavy atom. The molecule has 0 fully saturated rings. The van der Waals surface area contributed by atoms with Crippen LogP contribution in [0.3, 0.4) is 0 Å². The van der Waals surface area contributed by atoms with E-state index in [1.54, 1.807) is 11.3 Å². The number of nitrogens with one attached hydrogen (secondary N) is 1. The van der Waals surface area contributed by atoms with Crippen molar-refractivity contribution in [3.8, 4) is 11.5 Å². The van der Waals surface area contributed by atoms with Crippen molar-refractivity contribution in [1.29, 1.82) is 0 Å². The molecular weight excluding hydrogens is 440 g/mol. The van der Waals surface area contributed by atoms with Crippen LogP contribution in [0.4, 0.5) is 10.5 Å². The maximum Gasteiger partial charge on any atom is 0.322 e. The van der Waals surface area contributed by atoms with Gasteiger partial charge in [-0.05, 0) is 65.4 Å². The molecule has 0 spiro atoms. The molecular formula is C26H21ClN2O2S. The molecule has 0 aliphatic carbocycles. The Morgan fingerprint density at radius 3 is 2.56 bits per heavy atom. The molecule has 160 valence electrons. The second-order valence-corrected chi connectivity index (χ2v) is 9.01. The van der Waals surface area contributed by atoms with E-state index in [-0.39, 0.29) is 12.1 Å². The van der Waals surface area contributed by atoms with Gasteiger partial charge in [0.05, 0.1) is 6.04 Å². The molecule has 4 aromatic rings. The van der Waals surface area contributed by atoms with Gasteiger partial charge in [-0.3, -0.25) is 0 Å². The van der Waals surface area contributed by atoms with E-state index in [1.807, 2.05) is 83.8 Å². The number of halogens is 1. The van der Waals surface area contributed by atoms with Crippen molar-refractivity contribution >= 4 is 34.7 Å². The van der Waals surface area contributed by atoms with Gasteiger partial charge in [-0.15, -0.1) is 11.3 Å². The molecule has 1 aliphatic rings. The molecule has 1 aliphatic heterocycles. The molecule has 0 saturated heterocycles. The number of carbonyl (C=O) groups excluding carboxylic acids is 1. The van der Waals surface area contributed by atoms with Gasteiger partial charge in [-0.25, -0.2) is 4.79 Å². The number of anilines is 1. The predicted molar refractivity (Wildman–Crippen MR) is 130 cm³/mol. The number of benzene rings is 3. The second-order valence-electron chi connectivity index (χ2n) is 7.57. The van der Waals surface area contributed by atoms with E-state index in [2.05, 4.69) is 16.8 Å². The number of urea groups is 1. The molecule has 2 heterocycles. The Kier molecular flexibility index (Phi) is 5.84. The number of fused-ring (bicyclic) bond motifs is 1. The number of thiophene rings is 1. The molecule has 1 N–H and O–H groups in total. The van der Waals surface area contributed by atoms with Crippen LogP contribution >= 0.6 is 22.9 Å². The highest BCUT2D eigenvalue weighted by molar-refractivity contribution is 7.10. The minimum absolute atomic E-state index is 0.140.